The Kier molecular flexibility index (Phi) is 4.66. The van der Waals surface area contributed by atoms with Crippen molar-refractivity contribution in [2.75, 3.05) is 5.32 Å². The molecule has 1 heterocycles. The standard InChI is InChI=1S/C22H18FN3O/c23-17-8-5-7-16(14-17)22(27)26-18-9-2-1-6-15(18)12-13-21-24-19-10-3-4-11-20(19)25-21/h1-11,14H,12-13H2,(H,24,25)(H,26,27). The molecule has 27 heavy (non-hydrogen) atoms. The van der Waals surface area contributed by atoms with E-state index >= 15 is 0 Å². The Hall–Kier alpha value is -3.47. The second-order valence-corrected chi connectivity index (χ2v) is 6.32. The number of carbonyl (C=O) groups is 1. The number of nitrogens with zero attached hydrogens (tertiary/aromatic N) is 1. The van der Waals surface area contributed by atoms with Gasteiger partial charge < -0.3 is 10.3 Å². The lowest BCUT2D eigenvalue weighted by molar-refractivity contribution is 0.102. The van der Waals surface area contributed by atoms with Gasteiger partial charge in [0, 0.05) is 17.7 Å². The quantitative estimate of drug-likeness (QED) is 0.541. The Labute approximate surface area is 156 Å². The number of carbonyl (C=O) groups excluding carboxylic acids is 1. The number of aromatic amines is 1. The summed E-state index contributed by atoms with van der Waals surface area (Å²) < 4.78 is 13.4. The number of para-hydroxylation sites is 3. The number of benzene rings is 3. The molecule has 2 N–H and O–H groups in total. The summed E-state index contributed by atoms with van der Waals surface area (Å²) in [4.78, 5) is 20.3. The predicted molar refractivity (Wildman–Crippen MR) is 104 cm³/mol. The largest absolute Gasteiger partial charge is 0.342 e. The number of halogens is 1. The molecule has 3 aromatic carbocycles. The summed E-state index contributed by atoms with van der Waals surface area (Å²) in [6.45, 7) is 0. The number of anilines is 1. The molecule has 0 saturated heterocycles. The number of fused-ring (bicyclic) bond motifs is 1. The van der Waals surface area contributed by atoms with Crippen molar-refractivity contribution in [3.05, 3.63) is 95.6 Å². The normalized spacial score (nSPS) is 10.9. The Morgan fingerprint density at radius 2 is 1.78 bits per heavy atom. The first-order chi connectivity index (χ1) is 13.2. The van der Waals surface area contributed by atoms with Crippen LogP contribution in [0.4, 0.5) is 10.1 Å². The second-order valence-electron chi connectivity index (χ2n) is 6.32. The van der Waals surface area contributed by atoms with Crippen molar-refractivity contribution in [2.24, 2.45) is 0 Å². The van der Waals surface area contributed by atoms with Crippen LogP contribution in [0.15, 0.2) is 72.8 Å². The van der Waals surface area contributed by atoms with E-state index in [-0.39, 0.29) is 5.91 Å². The van der Waals surface area contributed by atoms with Crippen molar-refractivity contribution in [3.8, 4) is 0 Å². The van der Waals surface area contributed by atoms with Gasteiger partial charge in [0.15, 0.2) is 0 Å². The third-order valence-corrected chi connectivity index (χ3v) is 4.42. The molecule has 0 aliphatic carbocycles. The van der Waals surface area contributed by atoms with Gasteiger partial charge in [-0.3, -0.25) is 4.79 Å². The van der Waals surface area contributed by atoms with Crippen LogP contribution in [0.2, 0.25) is 0 Å². The van der Waals surface area contributed by atoms with Crippen LogP contribution in [-0.4, -0.2) is 15.9 Å². The number of nitrogens with one attached hydrogen (secondary N) is 2. The second kappa shape index (κ2) is 7.41. The zero-order valence-electron chi connectivity index (χ0n) is 14.6. The number of hydrogen-bond acceptors (Lipinski definition) is 2. The molecule has 0 aliphatic heterocycles. The molecule has 4 nitrogen and oxygen atoms in total. The van der Waals surface area contributed by atoms with Gasteiger partial charge in [0.2, 0.25) is 0 Å². The molecule has 0 spiro atoms. The minimum atomic E-state index is -0.430. The van der Waals surface area contributed by atoms with E-state index in [1.807, 2.05) is 48.5 Å². The van der Waals surface area contributed by atoms with Gasteiger partial charge >= 0.3 is 0 Å². The third-order valence-electron chi connectivity index (χ3n) is 4.42. The molecule has 1 amide bonds. The maximum atomic E-state index is 13.4. The summed E-state index contributed by atoms with van der Waals surface area (Å²) in [6, 6.07) is 21.2. The van der Waals surface area contributed by atoms with Crippen LogP contribution in [-0.2, 0) is 12.8 Å². The molecule has 134 valence electrons. The van der Waals surface area contributed by atoms with Crippen molar-refractivity contribution in [1.29, 1.82) is 0 Å². The van der Waals surface area contributed by atoms with E-state index < -0.39 is 5.82 Å². The van der Waals surface area contributed by atoms with Crippen molar-refractivity contribution < 1.29 is 9.18 Å². The number of H-pyrrole nitrogens is 1. The highest BCUT2D eigenvalue weighted by Crippen LogP contribution is 2.19. The zero-order chi connectivity index (χ0) is 18.6. The maximum absolute atomic E-state index is 13.4. The van der Waals surface area contributed by atoms with Crippen LogP contribution in [0, 0.1) is 5.82 Å². The Bertz CT molecular complexity index is 1070. The van der Waals surface area contributed by atoms with Crippen LogP contribution >= 0.6 is 0 Å². The lowest BCUT2D eigenvalue weighted by Gasteiger charge is -2.11. The summed E-state index contributed by atoms with van der Waals surface area (Å²) in [5.41, 5.74) is 3.98. The van der Waals surface area contributed by atoms with Crippen LogP contribution in [0.5, 0.6) is 0 Å². The van der Waals surface area contributed by atoms with Crippen LogP contribution < -0.4 is 5.32 Å². The molecule has 0 bridgehead atoms. The minimum Gasteiger partial charge on any atom is -0.342 e. The summed E-state index contributed by atoms with van der Waals surface area (Å²) >= 11 is 0. The average molecular weight is 359 g/mol. The molecule has 4 rings (SSSR count). The lowest BCUT2D eigenvalue weighted by Crippen LogP contribution is -2.13. The molecule has 0 unspecified atom stereocenters. The topological polar surface area (TPSA) is 57.8 Å². The Balaban J connectivity index is 1.50. The van der Waals surface area contributed by atoms with Crippen LogP contribution in [0.25, 0.3) is 11.0 Å². The van der Waals surface area contributed by atoms with Crippen molar-refractivity contribution in [3.63, 3.8) is 0 Å². The van der Waals surface area contributed by atoms with Crippen molar-refractivity contribution in [1.82, 2.24) is 9.97 Å². The lowest BCUT2D eigenvalue weighted by atomic mass is 10.1. The number of aromatic nitrogens is 2. The summed E-state index contributed by atoms with van der Waals surface area (Å²) in [7, 11) is 0. The van der Waals surface area contributed by atoms with E-state index in [0.29, 0.717) is 5.56 Å². The molecule has 0 aliphatic rings. The van der Waals surface area contributed by atoms with Gasteiger partial charge in [-0.2, -0.15) is 0 Å². The van der Waals surface area contributed by atoms with E-state index in [1.54, 1.807) is 6.07 Å². The van der Waals surface area contributed by atoms with E-state index in [4.69, 9.17) is 0 Å². The number of aryl methyl sites for hydroxylation is 2. The summed E-state index contributed by atoms with van der Waals surface area (Å²) in [6.07, 6.45) is 1.45. The van der Waals surface area contributed by atoms with E-state index in [2.05, 4.69) is 15.3 Å². The molecule has 0 saturated carbocycles. The summed E-state index contributed by atoms with van der Waals surface area (Å²) in [5.74, 6) is 0.147. The van der Waals surface area contributed by atoms with Gasteiger partial charge in [-0.25, -0.2) is 9.37 Å². The van der Waals surface area contributed by atoms with Gasteiger partial charge in [-0.1, -0.05) is 36.4 Å². The molecular formula is C22H18FN3O. The molecule has 5 heteroatoms. The fourth-order valence-corrected chi connectivity index (χ4v) is 3.06. The molecule has 4 aromatic rings. The molecule has 0 fully saturated rings. The number of imidazole rings is 1. The number of hydrogen-bond donors (Lipinski definition) is 2. The highest BCUT2D eigenvalue weighted by atomic mass is 19.1. The van der Waals surface area contributed by atoms with E-state index in [1.165, 1.54) is 18.2 Å². The fraction of sp³-hybridized carbons (Fsp3) is 0.0909. The van der Waals surface area contributed by atoms with Gasteiger partial charge in [-0.05, 0) is 48.4 Å². The smallest absolute Gasteiger partial charge is 0.255 e. The van der Waals surface area contributed by atoms with Gasteiger partial charge in [0.25, 0.3) is 5.91 Å². The van der Waals surface area contributed by atoms with E-state index in [9.17, 15) is 9.18 Å². The first-order valence-electron chi connectivity index (χ1n) is 8.77. The highest BCUT2D eigenvalue weighted by Gasteiger charge is 2.10. The van der Waals surface area contributed by atoms with Gasteiger partial charge in [-0.15, -0.1) is 0 Å². The molecule has 1 aromatic heterocycles. The van der Waals surface area contributed by atoms with E-state index in [0.717, 1.165) is 41.0 Å². The number of amides is 1. The van der Waals surface area contributed by atoms with Crippen LogP contribution in [0.1, 0.15) is 21.7 Å². The Morgan fingerprint density at radius 3 is 2.63 bits per heavy atom. The zero-order valence-corrected chi connectivity index (χ0v) is 14.6. The maximum Gasteiger partial charge on any atom is 0.255 e. The minimum absolute atomic E-state index is 0.294. The van der Waals surface area contributed by atoms with Gasteiger partial charge in [0.05, 0.1) is 11.0 Å². The monoisotopic (exact) mass is 359 g/mol. The first kappa shape index (κ1) is 17.0. The van der Waals surface area contributed by atoms with Crippen molar-refractivity contribution in [2.45, 2.75) is 12.8 Å². The molecular weight excluding hydrogens is 341 g/mol. The average Bonchev–Trinajstić information content (AvgIpc) is 3.10. The third kappa shape index (κ3) is 3.87. The molecule has 0 atom stereocenters. The fourth-order valence-electron chi connectivity index (χ4n) is 3.06. The van der Waals surface area contributed by atoms with Crippen LogP contribution in [0.3, 0.4) is 0 Å². The predicted octanol–water partition coefficient (Wildman–Crippen LogP) is 4.74. The number of rotatable bonds is 5. The summed E-state index contributed by atoms with van der Waals surface area (Å²) in [5, 5.41) is 2.88. The highest BCUT2D eigenvalue weighted by molar-refractivity contribution is 6.04. The SMILES string of the molecule is O=C(Nc1ccccc1CCc1nc2ccccc2[nH]1)c1cccc(F)c1. The molecule has 0 radical (unpaired) electrons. The first-order valence-corrected chi connectivity index (χ1v) is 8.77. The Morgan fingerprint density at radius 1 is 0.963 bits per heavy atom. The van der Waals surface area contributed by atoms with Crippen molar-refractivity contribution >= 4 is 22.6 Å². The van der Waals surface area contributed by atoms with Gasteiger partial charge in [0.1, 0.15) is 11.6 Å².